The Hall–Kier alpha value is -1.45. The van der Waals surface area contributed by atoms with E-state index >= 15 is 0 Å². The molecule has 0 spiro atoms. The van der Waals surface area contributed by atoms with E-state index < -0.39 is 5.95 Å². The summed E-state index contributed by atoms with van der Waals surface area (Å²) in [6.45, 7) is 2.18. The van der Waals surface area contributed by atoms with Gasteiger partial charge in [0.1, 0.15) is 0 Å². The summed E-state index contributed by atoms with van der Waals surface area (Å²) in [5.74, 6) is -0.420. The molecule has 2 rings (SSSR count). The molecule has 1 aliphatic rings. The maximum absolute atomic E-state index is 13.3. The number of nitrogens with one attached hydrogen (secondary N) is 1. The second kappa shape index (κ2) is 5.25. The van der Waals surface area contributed by atoms with Crippen LogP contribution >= 0.6 is 0 Å². The number of aromatic nitrogens is 1. The number of nitrogens with zero attached hydrogens (tertiary/aromatic N) is 1. The molecule has 1 saturated carbocycles. The van der Waals surface area contributed by atoms with Gasteiger partial charge in [-0.05, 0) is 30.9 Å². The third kappa shape index (κ3) is 3.02. The average Bonchev–Trinajstić information content (AvgIpc) is 2.29. The lowest BCUT2D eigenvalue weighted by Crippen LogP contribution is -2.38. The molecule has 0 aromatic carbocycles. The molecule has 0 bridgehead atoms. The van der Waals surface area contributed by atoms with Gasteiger partial charge < -0.3 is 5.32 Å². The van der Waals surface area contributed by atoms with Crippen LogP contribution in [0.15, 0.2) is 18.3 Å². The number of carbonyl (C=O) groups excluding carboxylic acids is 1. The molecule has 1 aromatic heterocycles. The fourth-order valence-corrected chi connectivity index (χ4v) is 2.38. The highest BCUT2D eigenvalue weighted by Crippen LogP contribution is 2.23. The molecule has 1 aromatic rings. The molecule has 0 aliphatic heterocycles. The van der Waals surface area contributed by atoms with Crippen LogP contribution in [0.5, 0.6) is 0 Å². The van der Waals surface area contributed by atoms with Crippen molar-refractivity contribution in [2.45, 2.75) is 38.6 Å². The number of rotatable bonds is 2. The molecule has 0 saturated heterocycles. The summed E-state index contributed by atoms with van der Waals surface area (Å²) in [6.07, 6.45) is 5.65. The Labute approximate surface area is 100 Å². The number of carbonyl (C=O) groups is 1. The van der Waals surface area contributed by atoms with Crippen molar-refractivity contribution in [3.63, 3.8) is 0 Å². The quantitative estimate of drug-likeness (QED) is 0.802. The minimum Gasteiger partial charge on any atom is -0.349 e. The second-order valence-electron chi connectivity index (χ2n) is 4.78. The minimum absolute atomic E-state index is 0.0331. The molecule has 3 nitrogen and oxygen atoms in total. The van der Waals surface area contributed by atoms with Gasteiger partial charge in [-0.25, -0.2) is 4.98 Å². The second-order valence-corrected chi connectivity index (χ2v) is 4.78. The van der Waals surface area contributed by atoms with Gasteiger partial charge in [-0.3, -0.25) is 4.79 Å². The maximum Gasteiger partial charge on any atom is 0.256 e. The standard InChI is InChI=1S/C13H17FN2O/c1-9-4-2-5-10(8-9)16-13(17)11-6-3-7-15-12(11)14/h3,6-7,9-10H,2,4-5,8H2,1H3,(H,16,17)/t9?,10-/m1/s1. The third-order valence-corrected chi connectivity index (χ3v) is 3.28. The van der Waals surface area contributed by atoms with Crippen molar-refractivity contribution < 1.29 is 9.18 Å². The van der Waals surface area contributed by atoms with E-state index in [0.717, 1.165) is 19.3 Å². The van der Waals surface area contributed by atoms with Gasteiger partial charge in [0.05, 0.1) is 5.56 Å². The van der Waals surface area contributed by atoms with Crippen LogP contribution in [-0.2, 0) is 0 Å². The lowest BCUT2D eigenvalue weighted by atomic mass is 9.87. The van der Waals surface area contributed by atoms with E-state index in [9.17, 15) is 9.18 Å². The predicted molar refractivity (Wildman–Crippen MR) is 63.1 cm³/mol. The molecule has 1 N–H and O–H groups in total. The van der Waals surface area contributed by atoms with Gasteiger partial charge in [-0.1, -0.05) is 19.8 Å². The predicted octanol–water partition coefficient (Wildman–Crippen LogP) is 2.53. The molecule has 4 heteroatoms. The number of amides is 1. The lowest BCUT2D eigenvalue weighted by Gasteiger charge is -2.27. The minimum atomic E-state index is -0.700. The molecule has 1 amide bonds. The summed E-state index contributed by atoms with van der Waals surface area (Å²) in [5, 5.41) is 2.89. The van der Waals surface area contributed by atoms with Crippen LogP contribution in [-0.4, -0.2) is 16.9 Å². The molecule has 1 unspecified atom stereocenters. The molecule has 92 valence electrons. The van der Waals surface area contributed by atoms with E-state index in [2.05, 4.69) is 17.2 Å². The molecule has 1 aliphatic carbocycles. The van der Waals surface area contributed by atoms with Gasteiger partial charge in [0.15, 0.2) is 0 Å². The Kier molecular flexibility index (Phi) is 3.71. The highest BCUT2D eigenvalue weighted by Gasteiger charge is 2.22. The third-order valence-electron chi connectivity index (χ3n) is 3.28. The highest BCUT2D eigenvalue weighted by atomic mass is 19.1. The van der Waals surface area contributed by atoms with E-state index in [1.165, 1.54) is 18.7 Å². The van der Waals surface area contributed by atoms with Gasteiger partial charge in [0.25, 0.3) is 5.91 Å². The summed E-state index contributed by atoms with van der Waals surface area (Å²) >= 11 is 0. The molecular weight excluding hydrogens is 219 g/mol. The smallest absolute Gasteiger partial charge is 0.256 e. The van der Waals surface area contributed by atoms with Crippen molar-refractivity contribution in [3.8, 4) is 0 Å². The summed E-state index contributed by atoms with van der Waals surface area (Å²) < 4.78 is 13.3. The van der Waals surface area contributed by atoms with E-state index in [0.29, 0.717) is 5.92 Å². The van der Waals surface area contributed by atoms with Crippen molar-refractivity contribution in [3.05, 3.63) is 29.8 Å². The fourth-order valence-electron chi connectivity index (χ4n) is 2.38. The molecular formula is C13H17FN2O. The van der Waals surface area contributed by atoms with Crippen molar-refractivity contribution in [1.82, 2.24) is 10.3 Å². The first-order valence-electron chi connectivity index (χ1n) is 6.08. The first-order valence-corrected chi connectivity index (χ1v) is 6.08. The molecule has 2 atom stereocenters. The first kappa shape index (κ1) is 12.0. The Morgan fingerprint density at radius 2 is 2.35 bits per heavy atom. The van der Waals surface area contributed by atoms with Crippen molar-refractivity contribution >= 4 is 5.91 Å². The van der Waals surface area contributed by atoms with Crippen LogP contribution in [0.4, 0.5) is 4.39 Å². The number of pyridine rings is 1. The number of hydrogen-bond acceptors (Lipinski definition) is 2. The zero-order chi connectivity index (χ0) is 12.3. The van der Waals surface area contributed by atoms with Gasteiger partial charge in [0.2, 0.25) is 5.95 Å². The SMILES string of the molecule is CC1CCC[C@@H](NC(=O)c2cccnc2F)C1. The van der Waals surface area contributed by atoms with Crippen LogP contribution in [0.1, 0.15) is 43.0 Å². The topological polar surface area (TPSA) is 42.0 Å². The van der Waals surface area contributed by atoms with Crippen molar-refractivity contribution in [1.29, 1.82) is 0 Å². The van der Waals surface area contributed by atoms with Crippen LogP contribution < -0.4 is 5.32 Å². The number of hydrogen-bond donors (Lipinski definition) is 1. The Morgan fingerprint density at radius 1 is 1.53 bits per heavy atom. The number of halogens is 1. The molecule has 1 heterocycles. The summed E-state index contributed by atoms with van der Waals surface area (Å²) in [6, 6.07) is 3.21. The van der Waals surface area contributed by atoms with E-state index in [-0.39, 0.29) is 17.5 Å². The molecule has 0 radical (unpaired) electrons. The lowest BCUT2D eigenvalue weighted by molar-refractivity contribution is 0.0916. The average molecular weight is 236 g/mol. The van der Waals surface area contributed by atoms with E-state index in [4.69, 9.17) is 0 Å². The Balaban J connectivity index is 1.99. The van der Waals surface area contributed by atoms with Crippen molar-refractivity contribution in [2.24, 2.45) is 5.92 Å². The monoisotopic (exact) mass is 236 g/mol. The maximum atomic E-state index is 13.3. The van der Waals surface area contributed by atoms with Crippen LogP contribution in [0.3, 0.4) is 0 Å². The van der Waals surface area contributed by atoms with Gasteiger partial charge in [-0.15, -0.1) is 0 Å². The zero-order valence-corrected chi connectivity index (χ0v) is 9.95. The van der Waals surface area contributed by atoms with Crippen LogP contribution in [0.2, 0.25) is 0 Å². The summed E-state index contributed by atoms with van der Waals surface area (Å²) in [7, 11) is 0. The van der Waals surface area contributed by atoms with Crippen molar-refractivity contribution in [2.75, 3.05) is 0 Å². The zero-order valence-electron chi connectivity index (χ0n) is 9.95. The summed E-state index contributed by atoms with van der Waals surface area (Å²) in [5.41, 5.74) is 0.0331. The van der Waals surface area contributed by atoms with Gasteiger partial charge >= 0.3 is 0 Å². The van der Waals surface area contributed by atoms with Crippen LogP contribution in [0, 0.1) is 11.9 Å². The van der Waals surface area contributed by atoms with Crippen LogP contribution in [0.25, 0.3) is 0 Å². The Morgan fingerprint density at radius 3 is 3.06 bits per heavy atom. The normalized spacial score (nSPS) is 24.4. The van der Waals surface area contributed by atoms with Gasteiger partial charge in [-0.2, -0.15) is 4.39 Å². The Bertz CT molecular complexity index is 408. The molecule has 1 fully saturated rings. The first-order chi connectivity index (χ1) is 8.16. The molecule has 17 heavy (non-hydrogen) atoms. The largest absolute Gasteiger partial charge is 0.349 e. The van der Waals surface area contributed by atoms with E-state index in [1.54, 1.807) is 6.07 Å². The summed E-state index contributed by atoms with van der Waals surface area (Å²) in [4.78, 5) is 15.3. The highest BCUT2D eigenvalue weighted by molar-refractivity contribution is 5.94. The fraction of sp³-hybridized carbons (Fsp3) is 0.538. The van der Waals surface area contributed by atoms with E-state index in [1.807, 2.05) is 0 Å². The van der Waals surface area contributed by atoms with Gasteiger partial charge in [0, 0.05) is 12.2 Å².